The first-order valence-corrected chi connectivity index (χ1v) is 11.7. The molecule has 182 valence electrons. The van der Waals surface area contributed by atoms with Crippen LogP contribution in [0, 0.1) is 5.82 Å². The molecule has 7 nitrogen and oxygen atoms in total. The molecule has 0 spiro atoms. The van der Waals surface area contributed by atoms with Gasteiger partial charge in [0.2, 0.25) is 6.35 Å². The molecule has 0 amide bonds. The van der Waals surface area contributed by atoms with Gasteiger partial charge in [-0.3, -0.25) is 0 Å². The first-order valence-electron chi connectivity index (χ1n) is 11.3. The van der Waals surface area contributed by atoms with E-state index in [9.17, 15) is 14.6 Å². The Labute approximate surface area is 208 Å². The Hall–Kier alpha value is -3.33. The summed E-state index contributed by atoms with van der Waals surface area (Å²) in [5.74, 6) is 0.191. The maximum Gasteiger partial charge on any atom is 0.211 e. The summed E-state index contributed by atoms with van der Waals surface area (Å²) < 4.78 is 14.8. The second-order valence-corrected chi connectivity index (χ2v) is 9.87. The quantitative estimate of drug-likeness (QED) is 0.496. The molecule has 1 saturated heterocycles. The average Bonchev–Trinajstić information content (AvgIpc) is 3.36. The van der Waals surface area contributed by atoms with Gasteiger partial charge in [-0.15, -0.1) is 0 Å². The van der Waals surface area contributed by atoms with Crippen molar-refractivity contribution >= 4 is 23.1 Å². The van der Waals surface area contributed by atoms with Crippen molar-refractivity contribution in [2.75, 3.05) is 29.9 Å². The van der Waals surface area contributed by atoms with E-state index in [4.69, 9.17) is 17.3 Å². The van der Waals surface area contributed by atoms with E-state index in [1.54, 1.807) is 59.7 Å². The molecule has 2 aliphatic heterocycles. The Balaban J connectivity index is 1.50. The molecule has 0 saturated carbocycles. The van der Waals surface area contributed by atoms with Gasteiger partial charge in [-0.1, -0.05) is 17.7 Å². The van der Waals surface area contributed by atoms with Gasteiger partial charge in [0.25, 0.3) is 0 Å². The Morgan fingerprint density at radius 2 is 1.83 bits per heavy atom. The zero-order chi connectivity index (χ0) is 24.9. The molecule has 1 aromatic heterocycles. The highest BCUT2D eigenvalue weighted by Gasteiger charge is 2.30. The molecule has 1 fully saturated rings. The van der Waals surface area contributed by atoms with Gasteiger partial charge in [0, 0.05) is 55.4 Å². The number of hydrogen-bond acceptors (Lipinski definition) is 7. The number of aromatic nitrogens is 1. The number of pyridine rings is 1. The second kappa shape index (κ2) is 8.71. The molecule has 5 rings (SSSR count). The summed E-state index contributed by atoms with van der Waals surface area (Å²) in [5, 5.41) is 21.9. The molecule has 2 aliphatic rings. The van der Waals surface area contributed by atoms with Crippen LogP contribution in [0.25, 0.3) is 22.3 Å². The summed E-state index contributed by atoms with van der Waals surface area (Å²) in [6.07, 6.45) is 5.09. The molecular weight excluding hydrogens is 469 g/mol. The van der Waals surface area contributed by atoms with Gasteiger partial charge in [0.1, 0.15) is 17.4 Å². The molecule has 2 aromatic carbocycles. The normalized spacial score (nSPS) is 21.9. The minimum absolute atomic E-state index is 0.0571. The molecule has 0 radical (unpaired) electrons. The molecule has 1 unspecified atom stereocenters. The number of phenols is 1. The van der Waals surface area contributed by atoms with E-state index in [0.29, 0.717) is 39.5 Å². The van der Waals surface area contributed by atoms with Gasteiger partial charge >= 0.3 is 0 Å². The number of aliphatic hydroxyl groups excluding tert-OH is 1. The van der Waals surface area contributed by atoms with Gasteiger partial charge in [-0.2, -0.15) is 0 Å². The van der Waals surface area contributed by atoms with Crippen LogP contribution in [0.4, 0.5) is 15.9 Å². The molecular formula is C26H27ClFN5O2. The molecule has 35 heavy (non-hydrogen) atoms. The number of phenolic OH excluding ortho intramolecular Hbond substituents is 1. The number of aliphatic hydroxyl groups is 1. The van der Waals surface area contributed by atoms with E-state index in [0.717, 1.165) is 18.8 Å². The fraction of sp³-hybridized carbons (Fsp3) is 0.269. The lowest BCUT2D eigenvalue weighted by Crippen LogP contribution is -2.39. The highest BCUT2D eigenvalue weighted by molar-refractivity contribution is 6.33. The van der Waals surface area contributed by atoms with E-state index in [1.807, 2.05) is 13.0 Å². The van der Waals surface area contributed by atoms with E-state index < -0.39 is 12.2 Å². The van der Waals surface area contributed by atoms with Crippen LogP contribution in [0.2, 0.25) is 5.02 Å². The van der Waals surface area contributed by atoms with Crippen LogP contribution in [0.15, 0.2) is 61.1 Å². The Morgan fingerprint density at radius 3 is 2.43 bits per heavy atom. The SMILES string of the molecule is CN1C=CN(c2ccc(-c3cc(F)cc(-c4ccnc(N5CC[C@@](C)(N)C5)c4)c3O)cc2Cl)C1O. The van der Waals surface area contributed by atoms with E-state index in [1.165, 1.54) is 12.1 Å². The predicted octanol–water partition coefficient (Wildman–Crippen LogP) is 4.34. The number of anilines is 2. The second-order valence-electron chi connectivity index (χ2n) is 9.46. The summed E-state index contributed by atoms with van der Waals surface area (Å²) in [7, 11) is 1.75. The summed E-state index contributed by atoms with van der Waals surface area (Å²) in [6, 6.07) is 11.3. The topological polar surface area (TPSA) is 89.1 Å². The number of nitrogens with two attached hydrogens (primary N) is 1. The van der Waals surface area contributed by atoms with E-state index in [-0.39, 0.29) is 11.3 Å². The van der Waals surface area contributed by atoms with Gasteiger partial charge in [-0.05, 0) is 60.9 Å². The Morgan fingerprint density at radius 1 is 1.11 bits per heavy atom. The smallest absolute Gasteiger partial charge is 0.211 e. The van der Waals surface area contributed by atoms with Crippen LogP contribution in [0.1, 0.15) is 13.3 Å². The maximum absolute atomic E-state index is 14.8. The van der Waals surface area contributed by atoms with Crippen molar-refractivity contribution in [1.82, 2.24) is 9.88 Å². The lowest BCUT2D eigenvalue weighted by molar-refractivity contribution is 0.0729. The number of benzene rings is 2. The summed E-state index contributed by atoms with van der Waals surface area (Å²) >= 11 is 6.53. The molecule has 3 aromatic rings. The molecule has 9 heteroatoms. The molecule has 2 atom stereocenters. The van der Waals surface area contributed by atoms with Crippen LogP contribution < -0.4 is 15.5 Å². The van der Waals surface area contributed by atoms with Crippen molar-refractivity contribution in [3.05, 3.63) is 71.9 Å². The van der Waals surface area contributed by atoms with Crippen molar-refractivity contribution in [1.29, 1.82) is 0 Å². The zero-order valence-electron chi connectivity index (χ0n) is 19.5. The van der Waals surface area contributed by atoms with Crippen molar-refractivity contribution in [2.45, 2.75) is 25.2 Å². The fourth-order valence-corrected chi connectivity index (χ4v) is 4.87. The molecule has 3 heterocycles. The van der Waals surface area contributed by atoms with E-state index >= 15 is 0 Å². The first kappa shape index (κ1) is 23.4. The summed E-state index contributed by atoms with van der Waals surface area (Å²) in [4.78, 5) is 9.80. The molecule has 4 N–H and O–H groups in total. The van der Waals surface area contributed by atoms with Crippen LogP contribution >= 0.6 is 11.6 Å². The third kappa shape index (κ3) is 4.40. The fourth-order valence-electron chi connectivity index (χ4n) is 4.59. The zero-order valence-corrected chi connectivity index (χ0v) is 20.2. The predicted molar refractivity (Wildman–Crippen MR) is 137 cm³/mol. The van der Waals surface area contributed by atoms with Crippen molar-refractivity contribution in [3.63, 3.8) is 0 Å². The number of halogens is 2. The number of aromatic hydroxyl groups is 1. The number of nitrogens with zero attached hydrogens (tertiary/aromatic N) is 4. The van der Waals surface area contributed by atoms with Crippen molar-refractivity contribution in [2.24, 2.45) is 5.73 Å². The lowest BCUT2D eigenvalue weighted by atomic mass is 9.97. The Kier molecular flexibility index (Phi) is 5.83. The summed E-state index contributed by atoms with van der Waals surface area (Å²) in [6.45, 7) is 3.47. The van der Waals surface area contributed by atoms with Crippen LogP contribution in [-0.2, 0) is 0 Å². The number of rotatable bonds is 4. The Bertz CT molecular complexity index is 1310. The van der Waals surface area contributed by atoms with Gasteiger partial charge in [0.05, 0.1) is 10.7 Å². The van der Waals surface area contributed by atoms with Crippen LogP contribution in [0.3, 0.4) is 0 Å². The largest absolute Gasteiger partial charge is 0.507 e. The summed E-state index contributed by atoms with van der Waals surface area (Å²) in [5.41, 5.74) is 8.45. The van der Waals surface area contributed by atoms with Gasteiger partial charge in [0.15, 0.2) is 0 Å². The maximum atomic E-state index is 14.8. The third-order valence-corrected chi connectivity index (χ3v) is 6.88. The molecule has 0 bridgehead atoms. The lowest BCUT2D eigenvalue weighted by Gasteiger charge is -2.26. The first-order chi connectivity index (χ1) is 16.6. The van der Waals surface area contributed by atoms with Gasteiger partial charge < -0.3 is 30.6 Å². The third-order valence-electron chi connectivity index (χ3n) is 6.57. The van der Waals surface area contributed by atoms with Crippen molar-refractivity contribution < 1.29 is 14.6 Å². The van der Waals surface area contributed by atoms with E-state index in [2.05, 4.69) is 9.88 Å². The highest BCUT2D eigenvalue weighted by atomic mass is 35.5. The van der Waals surface area contributed by atoms with Gasteiger partial charge in [-0.25, -0.2) is 9.37 Å². The highest BCUT2D eigenvalue weighted by Crippen LogP contribution is 2.42. The molecule has 0 aliphatic carbocycles. The minimum Gasteiger partial charge on any atom is -0.507 e. The average molecular weight is 496 g/mol. The van der Waals surface area contributed by atoms with Crippen LogP contribution in [-0.4, -0.2) is 52.1 Å². The standard InChI is InChI=1S/C26H27ClFN5O2/c1-26(29)6-8-32(15-26)23-12-17(5-7-30-23)20-14-18(28)13-19(24(20)34)16-3-4-22(21(27)11-16)33-10-9-31(2)25(33)35/h3-5,7,9-14,25,34-35H,6,8,15,29H2,1-2H3/t25?,26-/m1/s1. The monoisotopic (exact) mass is 495 g/mol. The van der Waals surface area contributed by atoms with Crippen LogP contribution in [0.5, 0.6) is 5.75 Å². The minimum atomic E-state index is -0.874. The number of hydrogen-bond donors (Lipinski definition) is 3. The van der Waals surface area contributed by atoms with Crippen molar-refractivity contribution in [3.8, 4) is 28.0 Å².